The Balaban J connectivity index is 2.12. The molecule has 2 heterocycles. The molecule has 1 amide bonds. The molecule has 0 aliphatic carbocycles. The van der Waals surface area contributed by atoms with Crippen LogP contribution in [0.15, 0.2) is 18.3 Å². The van der Waals surface area contributed by atoms with Gasteiger partial charge in [0, 0.05) is 29.6 Å². The molecule has 1 fully saturated rings. The SMILES string of the molecule is O=C1CC(CS(=O)(=O)Cl)CN1c1ccc(Cl)nc1. The zero-order valence-electron chi connectivity index (χ0n) is 9.21. The van der Waals surface area contributed by atoms with Crippen LogP contribution >= 0.6 is 22.3 Å². The van der Waals surface area contributed by atoms with Gasteiger partial charge in [0.05, 0.1) is 17.6 Å². The van der Waals surface area contributed by atoms with E-state index in [4.69, 9.17) is 22.3 Å². The van der Waals surface area contributed by atoms with Crippen molar-refractivity contribution in [2.75, 3.05) is 17.2 Å². The minimum Gasteiger partial charge on any atom is -0.311 e. The van der Waals surface area contributed by atoms with Crippen LogP contribution in [0.1, 0.15) is 6.42 Å². The number of hydrogen-bond donors (Lipinski definition) is 0. The number of carbonyl (C=O) groups is 1. The van der Waals surface area contributed by atoms with Gasteiger partial charge in [-0.1, -0.05) is 11.6 Å². The molecular weight excluding hydrogens is 299 g/mol. The van der Waals surface area contributed by atoms with Crippen LogP contribution in [0.5, 0.6) is 0 Å². The highest BCUT2D eigenvalue weighted by Crippen LogP contribution is 2.26. The lowest BCUT2D eigenvalue weighted by Gasteiger charge is -2.15. The van der Waals surface area contributed by atoms with Gasteiger partial charge in [-0.05, 0) is 12.1 Å². The smallest absolute Gasteiger partial charge is 0.232 e. The quantitative estimate of drug-likeness (QED) is 0.629. The fraction of sp³-hybridized carbons (Fsp3) is 0.400. The molecule has 0 aromatic carbocycles. The van der Waals surface area contributed by atoms with E-state index in [0.717, 1.165) is 0 Å². The highest BCUT2D eigenvalue weighted by atomic mass is 35.7. The van der Waals surface area contributed by atoms with Crippen LogP contribution in [0.4, 0.5) is 5.69 Å². The van der Waals surface area contributed by atoms with Crippen molar-refractivity contribution < 1.29 is 13.2 Å². The van der Waals surface area contributed by atoms with Crippen LogP contribution in [0, 0.1) is 5.92 Å². The number of rotatable bonds is 3. The van der Waals surface area contributed by atoms with Gasteiger partial charge in [-0.15, -0.1) is 0 Å². The van der Waals surface area contributed by atoms with Crippen LogP contribution in [0.3, 0.4) is 0 Å². The maximum absolute atomic E-state index is 11.8. The predicted molar refractivity (Wildman–Crippen MR) is 69.3 cm³/mol. The van der Waals surface area contributed by atoms with Gasteiger partial charge < -0.3 is 4.90 Å². The first-order chi connectivity index (χ1) is 8.35. The molecule has 1 atom stereocenters. The summed E-state index contributed by atoms with van der Waals surface area (Å²) in [6.45, 7) is 0.327. The molecule has 1 aliphatic rings. The van der Waals surface area contributed by atoms with Crippen LogP contribution in [-0.2, 0) is 13.8 Å². The van der Waals surface area contributed by atoms with Crippen molar-refractivity contribution in [3.05, 3.63) is 23.5 Å². The Morgan fingerprint density at radius 3 is 2.72 bits per heavy atom. The van der Waals surface area contributed by atoms with E-state index in [1.54, 1.807) is 12.1 Å². The molecule has 1 aromatic rings. The maximum atomic E-state index is 11.8. The number of carbonyl (C=O) groups excluding carboxylic acids is 1. The van der Waals surface area contributed by atoms with Gasteiger partial charge in [-0.3, -0.25) is 4.79 Å². The minimum absolute atomic E-state index is 0.135. The summed E-state index contributed by atoms with van der Waals surface area (Å²) in [6, 6.07) is 3.25. The lowest BCUT2D eigenvalue weighted by Crippen LogP contribution is -2.25. The molecule has 18 heavy (non-hydrogen) atoms. The van der Waals surface area contributed by atoms with Crippen molar-refractivity contribution in [1.82, 2.24) is 4.98 Å². The molecule has 1 aliphatic heterocycles. The molecule has 5 nitrogen and oxygen atoms in total. The average Bonchev–Trinajstić information content (AvgIpc) is 2.58. The first-order valence-electron chi connectivity index (χ1n) is 5.19. The van der Waals surface area contributed by atoms with Gasteiger partial charge in [0.25, 0.3) is 0 Å². The van der Waals surface area contributed by atoms with Crippen LogP contribution in [0.25, 0.3) is 0 Å². The number of amides is 1. The van der Waals surface area contributed by atoms with Gasteiger partial charge in [-0.2, -0.15) is 0 Å². The third-order valence-corrected chi connectivity index (χ3v) is 4.13. The number of anilines is 1. The van der Waals surface area contributed by atoms with Gasteiger partial charge in [0.2, 0.25) is 15.0 Å². The molecule has 98 valence electrons. The summed E-state index contributed by atoms with van der Waals surface area (Å²) in [7, 11) is 1.60. The molecule has 1 aromatic heterocycles. The second kappa shape index (κ2) is 5.03. The van der Waals surface area contributed by atoms with E-state index in [9.17, 15) is 13.2 Å². The summed E-state index contributed by atoms with van der Waals surface area (Å²) in [5, 5.41) is 0.338. The Hall–Kier alpha value is -0.850. The number of halogens is 2. The van der Waals surface area contributed by atoms with Gasteiger partial charge >= 0.3 is 0 Å². The molecule has 0 radical (unpaired) electrons. The molecule has 1 saturated heterocycles. The number of hydrogen-bond acceptors (Lipinski definition) is 4. The van der Waals surface area contributed by atoms with E-state index >= 15 is 0 Å². The first-order valence-corrected chi connectivity index (χ1v) is 8.05. The third-order valence-electron chi connectivity index (χ3n) is 2.66. The largest absolute Gasteiger partial charge is 0.311 e. The summed E-state index contributed by atoms with van der Waals surface area (Å²) in [6.07, 6.45) is 1.66. The minimum atomic E-state index is -3.59. The molecule has 0 spiro atoms. The number of pyridine rings is 1. The van der Waals surface area contributed by atoms with E-state index < -0.39 is 9.05 Å². The van der Waals surface area contributed by atoms with Gasteiger partial charge in [0.15, 0.2) is 0 Å². The van der Waals surface area contributed by atoms with Crippen molar-refractivity contribution in [3.8, 4) is 0 Å². The lowest BCUT2D eigenvalue weighted by atomic mass is 10.1. The van der Waals surface area contributed by atoms with Crippen molar-refractivity contribution in [2.45, 2.75) is 6.42 Å². The number of aromatic nitrogens is 1. The molecule has 8 heteroatoms. The summed E-state index contributed by atoms with van der Waals surface area (Å²) in [4.78, 5) is 17.2. The fourth-order valence-electron chi connectivity index (χ4n) is 1.95. The first kappa shape index (κ1) is 13.6. The lowest BCUT2D eigenvalue weighted by molar-refractivity contribution is -0.117. The average molecular weight is 309 g/mol. The molecule has 2 rings (SSSR count). The molecule has 0 saturated carbocycles. The Labute approximate surface area is 114 Å². The summed E-state index contributed by atoms with van der Waals surface area (Å²) < 4.78 is 22.0. The van der Waals surface area contributed by atoms with Crippen LogP contribution in [0.2, 0.25) is 5.15 Å². The summed E-state index contributed by atoms with van der Waals surface area (Å²) >= 11 is 5.66. The standard InChI is InChI=1S/C10H10Cl2N2O3S/c11-9-2-1-8(4-13-9)14-5-7(3-10(14)15)6-18(12,16)17/h1-2,4,7H,3,5-6H2. The predicted octanol–water partition coefficient (Wildman–Crippen LogP) is 1.66. The molecule has 0 N–H and O–H groups in total. The van der Waals surface area contributed by atoms with Gasteiger partial charge in [0.1, 0.15) is 5.15 Å². The molecular formula is C10H10Cl2N2O3S. The molecule has 1 unspecified atom stereocenters. The van der Waals surface area contributed by atoms with E-state index in [-0.39, 0.29) is 24.0 Å². The summed E-state index contributed by atoms with van der Waals surface area (Å²) in [5.74, 6) is -0.613. The zero-order chi connectivity index (χ0) is 13.3. The fourth-order valence-corrected chi connectivity index (χ4v) is 3.38. The highest BCUT2D eigenvalue weighted by molar-refractivity contribution is 8.13. The van der Waals surface area contributed by atoms with Crippen molar-refractivity contribution in [1.29, 1.82) is 0 Å². The van der Waals surface area contributed by atoms with Crippen LogP contribution < -0.4 is 4.90 Å². The maximum Gasteiger partial charge on any atom is 0.232 e. The van der Waals surface area contributed by atoms with Crippen LogP contribution in [-0.4, -0.2) is 31.6 Å². The topological polar surface area (TPSA) is 67.3 Å². The van der Waals surface area contributed by atoms with E-state index in [1.807, 2.05) is 0 Å². The Bertz CT molecular complexity index is 559. The van der Waals surface area contributed by atoms with Crippen molar-refractivity contribution >= 4 is 42.9 Å². The van der Waals surface area contributed by atoms with Gasteiger partial charge in [-0.25, -0.2) is 13.4 Å². The zero-order valence-corrected chi connectivity index (χ0v) is 11.5. The third kappa shape index (κ3) is 3.34. The van der Waals surface area contributed by atoms with E-state index in [1.165, 1.54) is 11.1 Å². The molecule has 0 bridgehead atoms. The van der Waals surface area contributed by atoms with Crippen molar-refractivity contribution in [2.24, 2.45) is 5.92 Å². The summed E-state index contributed by atoms with van der Waals surface area (Å²) in [5.41, 5.74) is 0.610. The Morgan fingerprint density at radius 2 is 2.17 bits per heavy atom. The Morgan fingerprint density at radius 1 is 1.44 bits per heavy atom. The van der Waals surface area contributed by atoms with E-state index in [2.05, 4.69) is 4.98 Å². The highest BCUT2D eigenvalue weighted by Gasteiger charge is 2.33. The normalized spacial score (nSPS) is 20.4. The second-order valence-electron chi connectivity index (χ2n) is 4.12. The number of nitrogens with zero attached hydrogens (tertiary/aromatic N) is 2. The van der Waals surface area contributed by atoms with E-state index in [0.29, 0.717) is 17.4 Å². The van der Waals surface area contributed by atoms with Crippen molar-refractivity contribution in [3.63, 3.8) is 0 Å². The second-order valence-corrected chi connectivity index (χ2v) is 7.33. The monoisotopic (exact) mass is 308 g/mol. The Kier molecular flexibility index (Phi) is 3.79.